The van der Waals surface area contributed by atoms with Gasteiger partial charge in [-0.25, -0.2) is 8.42 Å². The van der Waals surface area contributed by atoms with Gasteiger partial charge in [0.05, 0.1) is 30.6 Å². The van der Waals surface area contributed by atoms with Crippen molar-refractivity contribution in [3.8, 4) is 0 Å². The summed E-state index contributed by atoms with van der Waals surface area (Å²) in [5, 5.41) is 0. The van der Waals surface area contributed by atoms with E-state index in [-0.39, 0.29) is 17.6 Å². The van der Waals surface area contributed by atoms with E-state index in [1.165, 1.54) is 21.1 Å². The van der Waals surface area contributed by atoms with E-state index in [0.29, 0.717) is 0 Å². The van der Waals surface area contributed by atoms with E-state index in [4.69, 9.17) is 4.74 Å². The van der Waals surface area contributed by atoms with Crippen LogP contribution in [0.5, 0.6) is 0 Å². The summed E-state index contributed by atoms with van der Waals surface area (Å²) in [5.41, 5.74) is 0. The molecule has 0 bridgehead atoms. The monoisotopic (exact) mass is 238 g/mol. The lowest BCUT2D eigenvalue weighted by Gasteiger charge is -2.12. The first kappa shape index (κ1) is 14.4. The zero-order chi connectivity index (χ0) is 12.1. The number of carbonyl (C=O) groups is 1. The van der Waals surface area contributed by atoms with Crippen LogP contribution < -0.4 is 0 Å². The van der Waals surface area contributed by atoms with Gasteiger partial charge in [0, 0.05) is 7.11 Å². The van der Waals surface area contributed by atoms with Crippen molar-refractivity contribution in [2.45, 2.75) is 20.0 Å². The average molecular weight is 238 g/mol. The zero-order valence-electron chi connectivity index (χ0n) is 9.52. The predicted octanol–water partition coefficient (Wildman–Crippen LogP) is 0.245. The summed E-state index contributed by atoms with van der Waals surface area (Å²) >= 11 is 0. The predicted molar refractivity (Wildman–Crippen MR) is 56.3 cm³/mol. The van der Waals surface area contributed by atoms with Crippen molar-refractivity contribution < 1.29 is 22.7 Å². The molecule has 0 aliphatic rings. The second kappa shape index (κ2) is 6.07. The Hall–Kier alpha value is -0.620. The number of esters is 1. The molecule has 0 amide bonds. The van der Waals surface area contributed by atoms with Crippen molar-refractivity contribution >= 4 is 15.8 Å². The minimum absolute atomic E-state index is 0.0785. The zero-order valence-corrected chi connectivity index (χ0v) is 10.3. The normalized spacial score (nSPS) is 15.7. The Labute approximate surface area is 90.7 Å². The summed E-state index contributed by atoms with van der Waals surface area (Å²) in [6, 6.07) is 0. The van der Waals surface area contributed by atoms with Crippen molar-refractivity contribution in [3.05, 3.63) is 0 Å². The van der Waals surface area contributed by atoms with Gasteiger partial charge in [0.15, 0.2) is 9.84 Å². The molecular formula is C9H18O5S. The number of methoxy groups -OCH3 is 2. The molecule has 0 saturated heterocycles. The Morgan fingerprint density at radius 1 is 1.20 bits per heavy atom. The molecule has 0 aliphatic heterocycles. The van der Waals surface area contributed by atoms with Crippen molar-refractivity contribution in [1.82, 2.24) is 0 Å². The van der Waals surface area contributed by atoms with Crippen LogP contribution >= 0.6 is 0 Å². The van der Waals surface area contributed by atoms with Gasteiger partial charge in [0.2, 0.25) is 0 Å². The molecule has 15 heavy (non-hydrogen) atoms. The first-order valence-electron chi connectivity index (χ1n) is 4.63. The quantitative estimate of drug-likeness (QED) is 0.620. The molecule has 0 aliphatic carbocycles. The molecule has 0 heterocycles. The van der Waals surface area contributed by atoms with Crippen LogP contribution in [-0.2, 0) is 24.1 Å². The smallest absolute Gasteiger partial charge is 0.309 e. The molecule has 0 aromatic rings. The van der Waals surface area contributed by atoms with E-state index in [1.54, 1.807) is 6.92 Å². The fourth-order valence-corrected chi connectivity index (χ4v) is 3.03. The molecule has 0 fully saturated rings. The molecule has 5 nitrogen and oxygen atoms in total. The number of hydrogen-bond donors (Lipinski definition) is 0. The number of ether oxygens (including phenoxy) is 2. The van der Waals surface area contributed by atoms with Gasteiger partial charge in [0.1, 0.15) is 0 Å². The third kappa shape index (κ3) is 5.74. The molecule has 0 radical (unpaired) electrons. The highest BCUT2D eigenvalue weighted by Crippen LogP contribution is 2.06. The van der Waals surface area contributed by atoms with E-state index in [9.17, 15) is 13.2 Å². The lowest BCUT2D eigenvalue weighted by atomic mass is 10.2. The second-order valence-electron chi connectivity index (χ2n) is 3.55. The van der Waals surface area contributed by atoms with Crippen LogP contribution in [0.25, 0.3) is 0 Å². The maximum atomic E-state index is 11.5. The summed E-state index contributed by atoms with van der Waals surface area (Å²) in [6.45, 7) is 3.20. The molecule has 90 valence electrons. The van der Waals surface area contributed by atoms with Gasteiger partial charge < -0.3 is 9.47 Å². The van der Waals surface area contributed by atoms with E-state index >= 15 is 0 Å². The van der Waals surface area contributed by atoms with Gasteiger partial charge >= 0.3 is 5.97 Å². The Bertz CT molecular complexity index is 296. The number of sulfone groups is 1. The molecule has 0 aromatic carbocycles. The summed E-state index contributed by atoms with van der Waals surface area (Å²) in [4.78, 5) is 11.0. The Morgan fingerprint density at radius 2 is 1.73 bits per heavy atom. The number of hydrogen-bond acceptors (Lipinski definition) is 5. The minimum Gasteiger partial charge on any atom is -0.469 e. The van der Waals surface area contributed by atoms with Crippen LogP contribution in [0.3, 0.4) is 0 Å². The van der Waals surface area contributed by atoms with E-state index in [1.807, 2.05) is 0 Å². The second-order valence-corrected chi connectivity index (χ2v) is 5.70. The van der Waals surface area contributed by atoms with Gasteiger partial charge in [-0.2, -0.15) is 0 Å². The molecule has 0 spiro atoms. The first-order valence-corrected chi connectivity index (χ1v) is 6.45. The Kier molecular flexibility index (Phi) is 5.82. The topological polar surface area (TPSA) is 69.7 Å². The maximum Gasteiger partial charge on any atom is 0.309 e. The van der Waals surface area contributed by atoms with Crippen LogP contribution in [0.4, 0.5) is 0 Å². The Morgan fingerprint density at radius 3 is 2.13 bits per heavy atom. The van der Waals surface area contributed by atoms with Crippen LogP contribution in [0.1, 0.15) is 13.8 Å². The molecule has 0 aromatic heterocycles. The van der Waals surface area contributed by atoms with Crippen LogP contribution in [0.15, 0.2) is 0 Å². The fraction of sp³-hybridized carbons (Fsp3) is 0.889. The third-order valence-electron chi connectivity index (χ3n) is 2.00. The average Bonchev–Trinajstić information content (AvgIpc) is 2.14. The highest BCUT2D eigenvalue weighted by atomic mass is 32.2. The van der Waals surface area contributed by atoms with Crippen LogP contribution in [0, 0.1) is 5.92 Å². The van der Waals surface area contributed by atoms with Gasteiger partial charge in [-0.05, 0) is 6.92 Å². The molecule has 0 N–H and O–H groups in total. The molecule has 6 heteroatoms. The maximum absolute atomic E-state index is 11.5. The van der Waals surface area contributed by atoms with Crippen LogP contribution in [-0.4, -0.2) is 46.2 Å². The lowest BCUT2D eigenvalue weighted by Crippen LogP contribution is -2.28. The van der Waals surface area contributed by atoms with Crippen molar-refractivity contribution in [1.29, 1.82) is 0 Å². The van der Waals surface area contributed by atoms with Gasteiger partial charge in [-0.3, -0.25) is 4.79 Å². The Balaban J connectivity index is 4.32. The van der Waals surface area contributed by atoms with E-state index in [2.05, 4.69) is 4.74 Å². The third-order valence-corrected chi connectivity index (χ3v) is 3.98. The summed E-state index contributed by atoms with van der Waals surface area (Å²) in [5.74, 6) is -1.43. The lowest BCUT2D eigenvalue weighted by molar-refractivity contribution is -0.144. The van der Waals surface area contributed by atoms with Gasteiger partial charge in [0.25, 0.3) is 0 Å². The van der Waals surface area contributed by atoms with Crippen molar-refractivity contribution in [2.24, 2.45) is 5.92 Å². The van der Waals surface area contributed by atoms with Crippen molar-refractivity contribution in [3.63, 3.8) is 0 Å². The standard InChI is InChI=1S/C9H18O5S/c1-7(9(10)14-4)5-15(11,12)6-8(2)13-3/h7-8H,5-6H2,1-4H3. The van der Waals surface area contributed by atoms with E-state index < -0.39 is 21.7 Å². The van der Waals surface area contributed by atoms with Gasteiger partial charge in [-0.15, -0.1) is 0 Å². The minimum atomic E-state index is -3.27. The molecule has 0 rings (SSSR count). The van der Waals surface area contributed by atoms with E-state index in [0.717, 1.165) is 0 Å². The highest BCUT2D eigenvalue weighted by molar-refractivity contribution is 7.91. The molecule has 2 atom stereocenters. The SMILES string of the molecule is COC(=O)C(C)CS(=O)(=O)CC(C)OC. The molecule has 0 saturated carbocycles. The number of carbonyl (C=O) groups excluding carboxylic acids is 1. The fourth-order valence-electron chi connectivity index (χ4n) is 1.14. The van der Waals surface area contributed by atoms with Gasteiger partial charge in [-0.1, -0.05) is 6.92 Å². The molecule has 2 unspecified atom stereocenters. The molecular weight excluding hydrogens is 220 g/mol. The summed E-state index contributed by atoms with van der Waals surface area (Å²) in [6.07, 6.45) is -0.361. The summed E-state index contributed by atoms with van der Waals surface area (Å²) in [7, 11) is -0.585. The largest absolute Gasteiger partial charge is 0.469 e. The van der Waals surface area contributed by atoms with Crippen molar-refractivity contribution in [2.75, 3.05) is 25.7 Å². The number of rotatable bonds is 6. The highest BCUT2D eigenvalue weighted by Gasteiger charge is 2.23. The first-order chi connectivity index (χ1) is 6.82. The van der Waals surface area contributed by atoms with Crippen LogP contribution in [0.2, 0.25) is 0 Å². The summed E-state index contributed by atoms with van der Waals surface area (Å²) < 4.78 is 32.4.